The Balaban J connectivity index is 1.30. The van der Waals surface area contributed by atoms with Crippen LogP contribution in [-0.4, -0.2) is 49.6 Å². The molecule has 1 aliphatic heterocycles. The molecule has 0 N–H and O–H groups in total. The molecule has 0 aromatic heterocycles. The Morgan fingerprint density at radius 3 is 2.38 bits per heavy atom. The summed E-state index contributed by atoms with van der Waals surface area (Å²) in [5.41, 5.74) is 1.50. The van der Waals surface area contributed by atoms with E-state index in [4.69, 9.17) is 16.3 Å². The third-order valence-electron chi connectivity index (χ3n) is 5.12. The highest BCUT2D eigenvalue weighted by Gasteiger charge is 2.22. The van der Waals surface area contributed by atoms with Crippen molar-refractivity contribution in [2.75, 3.05) is 37.7 Å². The normalized spacial score (nSPS) is 14.1. The molecule has 0 unspecified atom stereocenters. The number of nitrogens with zero attached hydrogens (tertiary/aromatic N) is 2. The van der Waals surface area contributed by atoms with Crippen LogP contribution in [0, 0.1) is 0 Å². The van der Waals surface area contributed by atoms with Gasteiger partial charge in [0.05, 0.1) is 5.56 Å². The van der Waals surface area contributed by atoms with E-state index in [2.05, 4.69) is 4.90 Å². The van der Waals surface area contributed by atoms with Crippen molar-refractivity contribution in [3.8, 4) is 0 Å². The number of carbonyl (C=O) groups excluding carboxylic acids is 2. The van der Waals surface area contributed by atoms with E-state index >= 15 is 0 Å². The van der Waals surface area contributed by atoms with Crippen LogP contribution in [-0.2, 0) is 9.53 Å². The van der Waals surface area contributed by atoms with Gasteiger partial charge in [-0.3, -0.25) is 4.79 Å². The zero-order valence-electron chi connectivity index (χ0n) is 15.9. The number of anilines is 1. The second-order valence-corrected chi connectivity index (χ2v) is 7.42. The van der Waals surface area contributed by atoms with Gasteiger partial charge in [0.15, 0.2) is 6.61 Å². The van der Waals surface area contributed by atoms with Crippen molar-refractivity contribution in [2.45, 2.75) is 0 Å². The topological polar surface area (TPSA) is 49.9 Å². The molecule has 1 saturated heterocycles. The van der Waals surface area contributed by atoms with Gasteiger partial charge in [-0.2, -0.15) is 0 Å². The van der Waals surface area contributed by atoms with Crippen LogP contribution in [0.25, 0.3) is 10.8 Å². The zero-order valence-corrected chi connectivity index (χ0v) is 16.6. The van der Waals surface area contributed by atoms with E-state index < -0.39 is 5.97 Å². The second kappa shape index (κ2) is 8.53. The highest BCUT2D eigenvalue weighted by atomic mass is 35.5. The maximum absolute atomic E-state index is 12.5. The number of hydrogen-bond acceptors (Lipinski definition) is 4. The van der Waals surface area contributed by atoms with Gasteiger partial charge in [0.25, 0.3) is 5.91 Å². The third-order valence-corrected chi connectivity index (χ3v) is 5.35. The molecule has 29 heavy (non-hydrogen) atoms. The Hall–Kier alpha value is -3.05. The number of amides is 1. The molecule has 6 heteroatoms. The first-order chi connectivity index (χ1) is 14.1. The molecule has 0 atom stereocenters. The highest BCUT2D eigenvalue weighted by Crippen LogP contribution is 2.21. The van der Waals surface area contributed by atoms with Gasteiger partial charge in [0.1, 0.15) is 0 Å². The van der Waals surface area contributed by atoms with E-state index in [0.29, 0.717) is 36.8 Å². The minimum atomic E-state index is -0.485. The SMILES string of the molecule is O=C(OCC(=O)N1CCN(c2cccc(Cl)c2)CC1)c1ccc2ccccc2c1. The van der Waals surface area contributed by atoms with E-state index in [9.17, 15) is 9.59 Å². The first-order valence-corrected chi connectivity index (χ1v) is 9.92. The Labute approximate surface area is 174 Å². The number of ether oxygens (including phenoxy) is 1. The molecular formula is C23H21ClN2O3. The molecule has 3 aromatic rings. The van der Waals surface area contributed by atoms with Gasteiger partial charge < -0.3 is 14.5 Å². The summed E-state index contributed by atoms with van der Waals surface area (Å²) in [6, 6.07) is 20.9. The Morgan fingerprint density at radius 2 is 1.62 bits per heavy atom. The second-order valence-electron chi connectivity index (χ2n) is 6.99. The lowest BCUT2D eigenvalue weighted by Gasteiger charge is -2.36. The summed E-state index contributed by atoms with van der Waals surface area (Å²) in [6.45, 7) is 2.34. The molecule has 1 amide bonds. The standard InChI is InChI=1S/C23H21ClN2O3/c24-20-6-3-7-21(15-20)25-10-12-26(13-11-25)22(27)16-29-23(28)19-9-8-17-4-1-2-5-18(17)14-19/h1-9,14-15H,10-13,16H2. The van der Waals surface area contributed by atoms with Crippen LogP contribution < -0.4 is 4.90 Å². The zero-order chi connectivity index (χ0) is 20.2. The number of esters is 1. The number of benzene rings is 3. The molecule has 0 radical (unpaired) electrons. The first kappa shape index (κ1) is 19.3. The van der Waals surface area contributed by atoms with Gasteiger partial charge in [-0.15, -0.1) is 0 Å². The molecular weight excluding hydrogens is 388 g/mol. The van der Waals surface area contributed by atoms with E-state index in [1.54, 1.807) is 17.0 Å². The van der Waals surface area contributed by atoms with Crippen LogP contribution in [0.4, 0.5) is 5.69 Å². The fourth-order valence-electron chi connectivity index (χ4n) is 3.51. The van der Waals surface area contributed by atoms with E-state index in [1.165, 1.54) is 0 Å². The maximum atomic E-state index is 12.5. The van der Waals surface area contributed by atoms with Crippen molar-refractivity contribution in [3.63, 3.8) is 0 Å². The molecule has 148 valence electrons. The van der Waals surface area contributed by atoms with E-state index in [-0.39, 0.29) is 12.5 Å². The summed E-state index contributed by atoms with van der Waals surface area (Å²) in [4.78, 5) is 28.7. The number of rotatable bonds is 4. The van der Waals surface area contributed by atoms with Crippen LogP contribution in [0.15, 0.2) is 66.7 Å². The van der Waals surface area contributed by atoms with Crippen molar-refractivity contribution >= 4 is 39.9 Å². The summed E-state index contributed by atoms with van der Waals surface area (Å²) in [6.07, 6.45) is 0. The predicted octanol–water partition coefficient (Wildman–Crippen LogP) is 4.00. The Morgan fingerprint density at radius 1 is 0.862 bits per heavy atom. The summed E-state index contributed by atoms with van der Waals surface area (Å²) in [7, 11) is 0. The van der Waals surface area contributed by atoms with Gasteiger partial charge in [-0.05, 0) is 41.1 Å². The lowest BCUT2D eigenvalue weighted by molar-refractivity contribution is -0.134. The monoisotopic (exact) mass is 408 g/mol. The molecule has 0 bridgehead atoms. The minimum Gasteiger partial charge on any atom is -0.452 e. The van der Waals surface area contributed by atoms with Crippen molar-refractivity contribution < 1.29 is 14.3 Å². The molecule has 3 aromatic carbocycles. The third kappa shape index (κ3) is 4.51. The Bertz CT molecular complexity index is 1040. The quantitative estimate of drug-likeness (QED) is 0.612. The van der Waals surface area contributed by atoms with Gasteiger partial charge in [-0.1, -0.05) is 48.0 Å². The van der Waals surface area contributed by atoms with E-state index in [0.717, 1.165) is 16.5 Å². The largest absolute Gasteiger partial charge is 0.452 e. The van der Waals surface area contributed by atoms with Gasteiger partial charge in [-0.25, -0.2) is 4.79 Å². The van der Waals surface area contributed by atoms with Crippen LogP contribution in [0.2, 0.25) is 5.02 Å². The first-order valence-electron chi connectivity index (χ1n) is 9.54. The predicted molar refractivity (Wildman–Crippen MR) is 114 cm³/mol. The fourth-order valence-corrected chi connectivity index (χ4v) is 3.69. The number of piperazine rings is 1. The molecule has 0 spiro atoms. The van der Waals surface area contributed by atoms with Crippen molar-refractivity contribution in [3.05, 3.63) is 77.3 Å². The summed E-state index contributed by atoms with van der Waals surface area (Å²) in [5, 5.41) is 2.71. The van der Waals surface area contributed by atoms with Crippen LogP contribution in [0.5, 0.6) is 0 Å². The molecule has 4 rings (SSSR count). The van der Waals surface area contributed by atoms with Crippen LogP contribution >= 0.6 is 11.6 Å². The molecule has 1 heterocycles. The lowest BCUT2D eigenvalue weighted by atomic mass is 10.1. The minimum absolute atomic E-state index is 0.176. The molecule has 0 saturated carbocycles. The van der Waals surface area contributed by atoms with Gasteiger partial charge in [0.2, 0.25) is 0 Å². The van der Waals surface area contributed by atoms with Gasteiger partial charge >= 0.3 is 5.97 Å². The van der Waals surface area contributed by atoms with E-state index in [1.807, 2.05) is 54.6 Å². The molecule has 1 aliphatic rings. The summed E-state index contributed by atoms with van der Waals surface area (Å²) in [5.74, 6) is -0.661. The molecule has 5 nitrogen and oxygen atoms in total. The average molecular weight is 409 g/mol. The molecule has 1 fully saturated rings. The number of carbonyl (C=O) groups is 2. The van der Waals surface area contributed by atoms with Crippen LogP contribution in [0.1, 0.15) is 10.4 Å². The highest BCUT2D eigenvalue weighted by molar-refractivity contribution is 6.30. The molecule has 0 aliphatic carbocycles. The number of halogens is 1. The van der Waals surface area contributed by atoms with Gasteiger partial charge in [0, 0.05) is 36.9 Å². The lowest BCUT2D eigenvalue weighted by Crippen LogP contribution is -2.49. The number of fused-ring (bicyclic) bond motifs is 1. The van der Waals surface area contributed by atoms with Crippen molar-refractivity contribution in [1.82, 2.24) is 4.90 Å². The fraction of sp³-hybridized carbons (Fsp3) is 0.217. The van der Waals surface area contributed by atoms with Crippen molar-refractivity contribution in [2.24, 2.45) is 0 Å². The Kier molecular flexibility index (Phi) is 5.67. The number of hydrogen-bond donors (Lipinski definition) is 0. The van der Waals surface area contributed by atoms with Crippen LogP contribution in [0.3, 0.4) is 0 Å². The van der Waals surface area contributed by atoms with Crippen molar-refractivity contribution in [1.29, 1.82) is 0 Å². The summed E-state index contributed by atoms with van der Waals surface area (Å²) >= 11 is 6.06. The summed E-state index contributed by atoms with van der Waals surface area (Å²) < 4.78 is 5.26. The smallest absolute Gasteiger partial charge is 0.338 e. The maximum Gasteiger partial charge on any atom is 0.338 e. The average Bonchev–Trinajstić information content (AvgIpc) is 2.77.